The van der Waals surface area contributed by atoms with E-state index in [-0.39, 0.29) is 11.4 Å². The van der Waals surface area contributed by atoms with Gasteiger partial charge in [-0.3, -0.25) is 4.79 Å². The summed E-state index contributed by atoms with van der Waals surface area (Å²) in [6, 6.07) is 15.0. The topological polar surface area (TPSA) is 69.6 Å². The lowest BCUT2D eigenvalue weighted by molar-refractivity contribution is -0.133. The molecule has 3 N–H and O–H groups in total. The molecule has 19 heavy (non-hydrogen) atoms. The molecular formula is C15H15NO3. The van der Waals surface area contributed by atoms with E-state index in [1.165, 1.54) is 13.0 Å². The first-order valence-corrected chi connectivity index (χ1v) is 5.89. The molecule has 1 atom stereocenters. The Morgan fingerprint density at radius 1 is 1.05 bits per heavy atom. The number of hydrogen-bond acceptors (Lipinski definition) is 3. The molecule has 2 rings (SSSR count). The summed E-state index contributed by atoms with van der Waals surface area (Å²) in [4.78, 5) is 12.1. The average Bonchev–Trinajstić information content (AvgIpc) is 2.42. The minimum absolute atomic E-state index is 0.0419. The van der Waals surface area contributed by atoms with E-state index in [0.717, 1.165) is 0 Å². The number of hydrogen-bond donors (Lipinski definition) is 3. The van der Waals surface area contributed by atoms with E-state index in [0.29, 0.717) is 5.56 Å². The van der Waals surface area contributed by atoms with Crippen LogP contribution in [0.5, 0.6) is 5.75 Å². The molecule has 4 heteroatoms. The Morgan fingerprint density at radius 2 is 1.63 bits per heavy atom. The van der Waals surface area contributed by atoms with E-state index in [1.807, 2.05) is 0 Å². The van der Waals surface area contributed by atoms with Crippen molar-refractivity contribution in [3.05, 3.63) is 60.2 Å². The number of benzene rings is 2. The smallest absolute Gasteiger partial charge is 0.260 e. The van der Waals surface area contributed by atoms with Crippen molar-refractivity contribution in [3.8, 4) is 5.75 Å². The second-order valence-electron chi connectivity index (χ2n) is 4.41. The molecule has 4 nitrogen and oxygen atoms in total. The summed E-state index contributed by atoms with van der Waals surface area (Å²) in [5.74, 6) is -0.639. The Kier molecular flexibility index (Phi) is 3.53. The van der Waals surface area contributed by atoms with E-state index in [9.17, 15) is 15.0 Å². The van der Waals surface area contributed by atoms with Gasteiger partial charge in [-0.15, -0.1) is 0 Å². The number of anilines is 1. The number of carbonyl (C=O) groups excluding carboxylic acids is 1. The van der Waals surface area contributed by atoms with E-state index < -0.39 is 11.5 Å². The Labute approximate surface area is 111 Å². The maximum Gasteiger partial charge on any atom is 0.260 e. The lowest BCUT2D eigenvalue weighted by atomic mass is 9.95. The summed E-state index contributed by atoms with van der Waals surface area (Å²) in [6.07, 6.45) is 0. The van der Waals surface area contributed by atoms with Gasteiger partial charge in [-0.1, -0.05) is 42.5 Å². The van der Waals surface area contributed by atoms with Gasteiger partial charge in [-0.2, -0.15) is 0 Å². The summed E-state index contributed by atoms with van der Waals surface area (Å²) < 4.78 is 0. The first-order chi connectivity index (χ1) is 9.01. The molecule has 0 bridgehead atoms. The molecule has 98 valence electrons. The fourth-order valence-electron chi connectivity index (χ4n) is 1.72. The predicted octanol–water partition coefficient (Wildman–Crippen LogP) is 2.24. The molecular weight excluding hydrogens is 242 g/mol. The van der Waals surface area contributed by atoms with Gasteiger partial charge in [-0.05, 0) is 24.6 Å². The van der Waals surface area contributed by atoms with Crippen LogP contribution >= 0.6 is 0 Å². The van der Waals surface area contributed by atoms with E-state index in [1.54, 1.807) is 48.5 Å². The molecule has 0 aliphatic heterocycles. The zero-order valence-corrected chi connectivity index (χ0v) is 10.5. The van der Waals surface area contributed by atoms with Gasteiger partial charge in [0.2, 0.25) is 0 Å². The lowest BCUT2D eigenvalue weighted by Crippen LogP contribution is -2.37. The Balaban J connectivity index is 2.23. The zero-order valence-electron chi connectivity index (χ0n) is 10.5. The van der Waals surface area contributed by atoms with Crippen molar-refractivity contribution in [3.63, 3.8) is 0 Å². The number of para-hydroxylation sites is 2. The third-order valence-corrected chi connectivity index (χ3v) is 2.93. The van der Waals surface area contributed by atoms with Crippen LogP contribution in [-0.2, 0) is 10.4 Å². The largest absolute Gasteiger partial charge is 0.506 e. The standard InChI is InChI=1S/C15H15NO3/c1-15(19,11-7-3-2-4-8-11)14(18)16-12-9-5-6-10-13(12)17/h2-10,17,19H,1H3,(H,16,18). The number of rotatable bonds is 3. The normalized spacial score (nSPS) is 13.6. The number of nitrogens with one attached hydrogen (secondary N) is 1. The van der Waals surface area contributed by atoms with Crippen molar-refractivity contribution in [1.29, 1.82) is 0 Å². The van der Waals surface area contributed by atoms with Crippen molar-refractivity contribution in [1.82, 2.24) is 0 Å². The highest BCUT2D eigenvalue weighted by molar-refractivity contribution is 5.98. The number of aliphatic hydroxyl groups is 1. The maximum atomic E-state index is 12.1. The molecule has 2 aromatic rings. The summed E-state index contributed by atoms with van der Waals surface area (Å²) in [5.41, 5.74) is -0.907. The van der Waals surface area contributed by atoms with Gasteiger partial charge in [0, 0.05) is 0 Å². The van der Waals surface area contributed by atoms with Crippen LogP contribution in [0.4, 0.5) is 5.69 Å². The van der Waals surface area contributed by atoms with E-state index >= 15 is 0 Å². The lowest BCUT2D eigenvalue weighted by Gasteiger charge is -2.23. The highest BCUT2D eigenvalue weighted by atomic mass is 16.3. The molecule has 0 aliphatic rings. The third kappa shape index (κ3) is 2.74. The van der Waals surface area contributed by atoms with Crippen LogP contribution in [0.2, 0.25) is 0 Å². The van der Waals surface area contributed by atoms with Crippen LogP contribution in [0.15, 0.2) is 54.6 Å². The van der Waals surface area contributed by atoms with Crippen molar-refractivity contribution in [2.75, 3.05) is 5.32 Å². The van der Waals surface area contributed by atoms with E-state index in [4.69, 9.17) is 0 Å². The summed E-state index contributed by atoms with van der Waals surface area (Å²) in [6.45, 7) is 1.41. The van der Waals surface area contributed by atoms with Gasteiger partial charge >= 0.3 is 0 Å². The van der Waals surface area contributed by atoms with Gasteiger partial charge in [0.25, 0.3) is 5.91 Å². The first kappa shape index (κ1) is 13.1. The van der Waals surface area contributed by atoms with Crippen molar-refractivity contribution >= 4 is 11.6 Å². The van der Waals surface area contributed by atoms with E-state index in [2.05, 4.69) is 5.32 Å². The Morgan fingerprint density at radius 3 is 2.26 bits per heavy atom. The number of phenols is 1. The molecule has 1 unspecified atom stereocenters. The van der Waals surface area contributed by atoms with Crippen molar-refractivity contribution in [2.24, 2.45) is 0 Å². The van der Waals surface area contributed by atoms with Crippen molar-refractivity contribution in [2.45, 2.75) is 12.5 Å². The zero-order chi connectivity index (χ0) is 13.9. The Hall–Kier alpha value is -2.33. The Bertz CT molecular complexity index is 579. The molecule has 0 radical (unpaired) electrons. The van der Waals surface area contributed by atoms with Crippen LogP contribution in [0.25, 0.3) is 0 Å². The fourth-order valence-corrected chi connectivity index (χ4v) is 1.72. The second-order valence-corrected chi connectivity index (χ2v) is 4.41. The first-order valence-electron chi connectivity index (χ1n) is 5.89. The monoisotopic (exact) mass is 257 g/mol. The molecule has 0 aromatic heterocycles. The van der Waals surface area contributed by atoms with Crippen LogP contribution < -0.4 is 5.32 Å². The minimum Gasteiger partial charge on any atom is -0.506 e. The molecule has 0 heterocycles. The van der Waals surface area contributed by atoms with Gasteiger partial charge in [0.05, 0.1) is 5.69 Å². The predicted molar refractivity (Wildman–Crippen MR) is 72.7 cm³/mol. The van der Waals surface area contributed by atoms with Crippen LogP contribution in [0, 0.1) is 0 Å². The second kappa shape index (κ2) is 5.12. The van der Waals surface area contributed by atoms with Gasteiger partial charge in [-0.25, -0.2) is 0 Å². The van der Waals surface area contributed by atoms with Gasteiger partial charge < -0.3 is 15.5 Å². The van der Waals surface area contributed by atoms with Crippen LogP contribution in [-0.4, -0.2) is 16.1 Å². The van der Waals surface area contributed by atoms with Crippen molar-refractivity contribution < 1.29 is 15.0 Å². The number of aromatic hydroxyl groups is 1. The molecule has 0 spiro atoms. The fraction of sp³-hybridized carbons (Fsp3) is 0.133. The quantitative estimate of drug-likeness (QED) is 0.738. The summed E-state index contributed by atoms with van der Waals surface area (Å²) >= 11 is 0. The van der Waals surface area contributed by atoms with Gasteiger partial charge in [0.15, 0.2) is 5.60 Å². The minimum atomic E-state index is -1.66. The molecule has 0 saturated carbocycles. The molecule has 0 fully saturated rings. The summed E-state index contributed by atoms with van der Waals surface area (Å²) in [5, 5.41) is 22.4. The SMILES string of the molecule is CC(O)(C(=O)Nc1ccccc1O)c1ccccc1. The maximum absolute atomic E-state index is 12.1. The summed E-state index contributed by atoms with van der Waals surface area (Å²) in [7, 11) is 0. The number of carbonyl (C=O) groups is 1. The van der Waals surface area contributed by atoms with Gasteiger partial charge in [0.1, 0.15) is 5.75 Å². The number of phenolic OH excluding ortho intramolecular Hbond substituents is 1. The third-order valence-electron chi connectivity index (χ3n) is 2.93. The molecule has 0 saturated heterocycles. The number of amides is 1. The van der Waals surface area contributed by atoms with Crippen LogP contribution in [0.3, 0.4) is 0 Å². The molecule has 1 amide bonds. The van der Waals surface area contributed by atoms with Crippen LogP contribution in [0.1, 0.15) is 12.5 Å². The molecule has 0 aliphatic carbocycles. The highest BCUT2D eigenvalue weighted by Crippen LogP contribution is 2.26. The molecule has 2 aromatic carbocycles. The highest BCUT2D eigenvalue weighted by Gasteiger charge is 2.32. The average molecular weight is 257 g/mol.